The quantitative estimate of drug-likeness (QED) is 0.840. The van der Waals surface area contributed by atoms with Gasteiger partial charge in [0.2, 0.25) is 0 Å². The predicted octanol–water partition coefficient (Wildman–Crippen LogP) is 4.82. The van der Waals surface area contributed by atoms with E-state index in [1.807, 2.05) is 6.07 Å². The largest absolute Gasteiger partial charge is 0.453 e. The number of carbonyl (C=O) groups is 1. The number of benzene rings is 2. The van der Waals surface area contributed by atoms with Crippen LogP contribution in [0.25, 0.3) is 12.2 Å². The number of methoxy groups -OCH3 is 1. The number of nitrogens with one attached hydrogen (secondary N) is 1. The summed E-state index contributed by atoms with van der Waals surface area (Å²) in [5.41, 5.74) is 5.82. The summed E-state index contributed by atoms with van der Waals surface area (Å²) in [6.45, 7) is 1.06. The molecule has 0 aromatic heterocycles. The molecule has 1 N–H and O–H groups in total. The van der Waals surface area contributed by atoms with E-state index >= 15 is 0 Å². The van der Waals surface area contributed by atoms with E-state index in [0.717, 1.165) is 25.1 Å². The monoisotopic (exact) mass is 350 g/mol. The highest BCUT2D eigenvalue weighted by Crippen LogP contribution is 2.38. The number of carbonyl (C=O) groups excluding carboxylic acids is 1. The van der Waals surface area contributed by atoms with Crippen molar-refractivity contribution >= 4 is 23.9 Å². The molecule has 26 heavy (non-hydrogen) atoms. The van der Waals surface area contributed by atoms with Gasteiger partial charge in [-0.3, -0.25) is 5.32 Å². The van der Waals surface area contributed by atoms with E-state index in [9.17, 15) is 4.79 Å². The molecule has 0 heterocycles. The highest BCUT2D eigenvalue weighted by molar-refractivity contribution is 5.86. The van der Waals surface area contributed by atoms with Crippen molar-refractivity contribution in [1.82, 2.24) is 4.90 Å². The Balaban J connectivity index is 1.99. The summed E-state index contributed by atoms with van der Waals surface area (Å²) in [6, 6.07) is 14.7. The number of hydrogen-bond acceptors (Lipinski definition) is 3. The number of nitrogens with zero attached hydrogens (tertiary/aromatic N) is 1. The van der Waals surface area contributed by atoms with Crippen LogP contribution in [0.2, 0.25) is 0 Å². The van der Waals surface area contributed by atoms with Crippen LogP contribution in [0.1, 0.15) is 41.0 Å². The minimum Gasteiger partial charge on any atom is -0.453 e. The average Bonchev–Trinajstić information content (AvgIpc) is 2.79. The zero-order chi connectivity index (χ0) is 18.5. The van der Waals surface area contributed by atoms with Gasteiger partial charge in [0.25, 0.3) is 0 Å². The first-order valence-corrected chi connectivity index (χ1v) is 8.99. The SMILES string of the molecule is COC(=O)Nc1ccc2c(c1)C(CCCN(C)C)c1ccccc1C=C2. The standard InChI is InChI=1S/C22H26N2O2/c1-24(2)14-6-9-20-19-8-5-4-7-16(19)10-11-17-12-13-18(15-21(17)20)23-22(25)26-3/h4-5,7-8,10-13,15,20H,6,9,14H2,1-3H3,(H,23,25). The Morgan fingerprint density at radius 1 is 1.08 bits per heavy atom. The number of hydrogen-bond donors (Lipinski definition) is 1. The van der Waals surface area contributed by atoms with Crippen molar-refractivity contribution in [2.75, 3.05) is 33.1 Å². The summed E-state index contributed by atoms with van der Waals surface area (Å²) in [4.78, 5) is 13.8. The maximum Gasteiger partial charge on any atom is 0.411 e. The molecule has 2 aromatic carbocycles. The minimum absolute atomic E-state index is 0.301. The second-order valence-electron chi connectivity index (χ2n) is 6.92. The second kappa shape index (κ2) is 8.19. The van der Waals surface area contributed by atoms with Crippen molar-refractivity contribution < 1.29 is 9.53 Å². The fourth-order valence-corrected chi connectivity index (χ4v) is 3.52. The lowest BCUT2D eigenvalue weighted by Crippen LogP contribution is -2.15. The Morgan fingerprint density at radius 3 is 2.54 bits per heavy atom. The topological polar surface area (TPSA) is 41.6 Å². The van der Waals surface area contributed by atoms with Crippen molar-refractivity contribution in [3.63, 3.8) is 0 Å². The Kier molecular flexibility index (Phi) is 5.74. The van der Waals surface area contributed by atoms with Crippen LogP contribution in [-0.4, -0.2) is 38.7 Å². The fraction of sp³-hybridized carbons (Fsp3) is 0.318. The molecule has 0 radical (unpaired) electrons. The van der Waals surface area contributed by atoms with Gasteiger partial charge in [-0.15, -0.1) is 0 Å². The molecule has 3 rings (SSSR count). The second-order valence-corrected chi connectivity index (χ2v) is 6.92. The van der Waals surface area contributed by atoms with Gasteiger partial charge in [-0.05, 0) is 67.9 Å². The van der Waals surface area contributed by atoms with E-state index in [1.165, 1.54) is 29.4 Å². The summed E-state index contributed by atoms with van der Waals surface area (Å²) < 4.78 is 4.73. The predicted molar refractivity (Wildman–Crippen MR) is 107 cm³/mol. The maximum atomic E-state index is 11.6. The van der Waals surface area contributed by atoms with E-state index < -0.39 is 6.09 Å². The maximum absolute atomic E-state index is 11.6. The van der Waals surface area contributed by atoms with Crippen LogP contribution < -0.4 is 5.32 Å². The van der Waals surface area contributed by atoms with Gasteiger partial charge in [0, 0.05) is 11.6 Å². The van der Waals surface area contributed by atoms with Crippen molar-refractivity contribution in [3.8, 4) is 0 Å². The first-order valence-electron chi connectivity index (χ1n) is 8.99. The molecule has 0 saturated heterocycles. The van der Waals surface area contributed by atoms with Crippen LogP contribution in [0, 0.1) is 0 Å². The lowest BCUT2D eigenvalue weighted by Gasteiger charge is -2.22. The van der Waals surface area contributed by atoms with Gasteiger partial charge in [-0.1, -0.05) is 42.5 Å². The van der Waals surface area contributed by atoms with Crippen LogP contribution in [0.15, 0.2) is 42.5 Å². The van der Waals surface area contributed by atoms with Crippen LogP contribution in [-0.2, 0) is 4.74 Å². The molecule has 0 spiro atoms. The van der Waals surface area contributed by atoms with Crippen molar-refractivity contribution in [1.29, 1.82) is 0 Å². The normalized spacial score (nSPS) is 15.2. The third-order valence-electron chi connectivity index (χ3n) is 4.81. The highest BCUT2D eigenvalue weighted by atomic mass is 16.5. The molecule has 0 fully saturated rings. The number of anilines is 1. The molecule has 1 aliphatic carbocycles. The molecule has 0 saturated carbocycles. The molecule has 4 heteroatoms. The summed E-state index contributed by atoms with van der Waals surface area (Å²) in [7, 11) is 5.59. The number of ether oxygens (including phenoxy) is 1. The van der Waals surface area contributed by atoms with Crippen molar-refractivity contribution in [2.24, 2.45) is 0 Å². The molecule has 136 valence electrons. The van der Waals surface area contributed by atoms with E-state index in [-0.39, 0.29) is 0 Å². The Bertz CT molecular complexity index is 812. The summed E-state index contributed by atoms with van der Waals surface area (Å²) in [5.74, 6) is 0.301. The molecule has 0 aliphatic heterocycles. The van der Waals surface area contributed by atoms with E-state index in [2.05, 4.69) is 72.9 Å². The zero-order valence-electron chi connectivity index (χ0n) is 15.7. The van der Waals surface area contributed by atoms with Gasteiger partial charge in [0.1, 0.15) is 0 Å². The lowest BCUT2D eigenvalue weighted by molar-refractivity contribution is 0.187. The van der Waals surface area contributed by atoms with Crippen LogP contribution >= 0.6 is 0 Å². The number of rotatable bonds is 5. The summed E-state index contributed by atoms with van der Waals surface area (Å²) >= 11 is 0. The minimum atomic E-state index is -0.446. The Morgan fingerprint density at radius 2 is 1.81 bits per heavy atom. The molecule has 1 amide bonds. The Hall–Kier alpha value is -2.59. The number of fused-ring (bicyclic) bond motifs is 2. The first-order chi connectivity index (χ1) is 12.6. The third-order valence-corrected chi connectivity index (χ3v) is 4.81. The molecule has 1 atom stereocenters. The Labute approximate surface area is 155 Å². The molecule has 1 aliphatic rings. The van der Waals surface area contributed by atoms with Gasteiger partial charge >= 0.3 is 6.09 Å². The van der Waals surface area contributed by atoms with Gasteiger partial charge in [0.15, 0.2) is 0 Å². The van der Waals surface area contributed by atoms with Gasteiger partial charge in [-0.25, -0.2) is 4.79 Å². The molecule has 1 unspecified atom stereocenters. The smallest absolute Gasteiger partial charge is 0.411 e. The highest BCUT2D eigenvalue weighted by Gasteiger charge is 2.22. The molecule has 2 aromatic rings. The van der Waals surface area contributed by atoms with E-state index in [4.69, 9.17) is 4.74 Å². The van der Waals surface area contributed by atoms with Crippen molar-refractivity contribution in [2.45, 2.75) is 18.8 Å². The molecular formula is C22H26N2O2. The average molecular weight is 350 g/mol. The van der Waals surface area contributed by atoms with Gasteiger partial charge in [0.05, 0.1) is 7.11 Å². The fourth-order valence-electron chi connectivity index (χ4n) is 3.52. The lowest BCUT2D eigenvalue weighted by atomic mass is 9.84. The van der Waals surface area contributed by atoms with Gasteiger partial charge < -0.3 is 9.64 Å². The van der Waals surface area contributed by atoms with E-state index in [0.29, 0.717) is 5.92 Å². The first kappa shape index (κ1) is 18.2. The molecular weight excluding hydrogens is 324 g/mol. The summed E-state index contributed by atoms with van der Waals surface area (Å²) in [5, 5.41) is 2.79. The van der Waals surface area contributed by atoms with Crippen LogP contribution in [0.4, 0.5) is 10.5 Å². The van der Waals surface area contributed by atoms with Crippen molar-refractivity contribution in [3.05, 3.63) is 64.7 Å². The molecule has 4 nitrogen and oxygen atoms in total. The van der Waals surface area contributed by atoms with Gasteiger partial charge in [-0.2, -0.15) is 0 Å². The molecule has 0 bridgehead atoms. The third kappa shape index (κ3) is 4.14. The van der Waals surface area contributed by atoms with Crippen LogP contribution in [0.3, 0.4) is 0 Å². The summed E-state index contributed by atoms with van der Waals surface area (Å²) in [6.07, 6.45) is 6.08. The van der Waals surface area contributed by atoms with Crippen LogP contribution in [0.5, 0.6) is 0 Å². The number of amides is 1. The zero-order valence-corrected chi connectivity index (χ0v) is 15.7. The van der Waals surface area contributed by atoms with E-state index in [1.54, 1.807) is 0 Å².